The normalized spacial score (nSPS) is 14.1. The molecule has 0 unspecified atom stereocenters. The molecule has 0 atom stereocenters. The van der Waals surface area contributed by atoms with E-state index in [1.165, 1.54) is 0 Å². The molecular weight excluding hydrogens is 320 g/mol. The van der Waals surface area contributed by atoms with E-state index < -0.39 is 0 Å². The zero-order valence-electron chi connectivity index (χ0n) is 13.9. The van der Waals surface area contributed by atoms with Crippen molar-refractivity contribution in [1.29, 1.82) is 0 Å². The van der Waals surface area contributed by atoms with Crippen molar-refractivity contribution in [2.45, 2.75) is 39.2 Å². The lowest BCUT2D eigenvalue weighted by atomic mass is 10.1. The highest BCUT2D eigenvalue weighted by atomic mass is 16.5. The minimum atomic E-state index is -0.313. The first-order valence-corrected chi connectivity index (χ1v) is 8.40. The van der Waals surface area contributed by atoms with Crippen LogP contribution in [-0.4, -0.2) is 20.6 Å². The Labute approximate surface area is 143 Å². The summed E-state index contributed by atoms with van der Waals surface area (Å²) in [5.41, 5.74) is 0.960. The first kappa shape index (κ1) is 15.6. The Bertz CT molecular complexity index is 1020. The second-order valence-corrected chi connectivity index (χ2v) is 6.30. The quantitative estimate of drug-likeness (QED) is 0.776. The number of rotatable bonds is 2. The largest absolute Gasteiger partial charge is 0.360 e. The van der Waals surface area contributed by atoms with Crippen molar-refractivity contribution in [2.24, 2.45) is 0 Å². The maximum absolute atomic E-state index is 12.7. The number of fused-ring (bicyclic) bond motifs is 2. The summed E-state index contributed by atoms with van der Waals surface area (Å²) in [6, 6.07) is 6.61. The van der Waals surface area contributed by atoms with E-state index in [2.05, 4.69) is 15.5 Å². The molecule has 3 aromatic rings. The fraction of sp³-hybridized carbons (Fsp3) is 0.333. The summed E-state index contributed by atoms with van der Waals surface area (Å²) in [5.74, 6) is 1.47. The minimum absolute atomic E-state index is 0.0269. The van der Waals surface area contributed by atoms with Crippen molar-refractivity contribution in [1.82, 2.24) is 14.7 Å². The zero-order valence-corrected chi connectivity index (χ0v) is 13.9. The van der Waals surface area contributed by atoms with E-state index in [9.17, 15) is 9.59 Å². The fourth-order valence-electron chi connectivity index (χ4n) is 3.17. The molecule has 25 heavy (non-hydrogen) atoms. The van der Waals surface area contributed by atoms with Crippen molar-refractivity contribution in [3.63, 3.8) is 0 Å². The molecule has 0 bridgehead atoms. The Morgan fingerprint density at radius 2 is 2.12 bits per heavy atom. The van der Waals surface area contributed by atoms with Gasteiger partial charge in [-0.1, -0.05) is 11.6 Å². The molecule has 0 radical (unpaired) electrons. The van der Waals surface area contributed by atoms with Gasteiger partial charge in [0, 0.05) is 24.6 Å². The number of nitrogens with one attached hydrogen (secondary N) is 1. The number of carbonyl (C=O) groups excluding carboxylic acids is 1. The molecule has 1 amide bonds. The molecule has 0 spiro atoms. The van der Waals surface area contributed by atoms with Gasteiger partial charge in [0.2, 0.25) is 0 Å². The number of hydrogen-bond acceptors (Lipinski definition) is 5. The highest BCUT2D eigenvalue weighted by Gasteiger charge is 2.16. The van der Waals surface area contributed by atoms with Crippen LogP contribution in [0.4, 0.5) is 5.82 Å². The number of carbonyl (C=O) groups is 1. The van der Waals surface area contributed by atoms with Crippen LogP contribution < -0.4 is 10.9 Å². The van der Waals surface area contributed by atoms with Crippen molar-refractivity contribution < 1.29 is 9.32 Å². The second-order valence-electron chi connectivity index (χ2n) is 6.30. The number of anilines is 1. The van der Waals surface area contributed by atoms with Gasteiger partial charge in [-0.2, -0.15) is 0 Å². The lowest BCUT2D eigenvalue weighted by molar-refractivity contribution is 0.102. The molecule has 2 aromatic heterocycles. The third-order valence-corrected chi connectivity index (χ3v) is 4.45. The van der Waals surface area contributed by atoms with Gasteiger partial charge in [-0.15, -0.1) is 0 Å². The number of benzene rings is 1. The Morgan fingerprint density at radius 3 is 2.92 bits per heavy atom. The SMILES string of the molecule is Cc1cc(NC(=O)c2ccc3c(=O)n4c(nc3c2)CCCCC4)no1. The molecule has 0 fully saturated rings. The van der Waals surface area contributed by atoms with Crippen LogP contribution in [0.25, 0.3) is 10.9 Å². The maximum atomic E-state index is 12.7. The topological polar surface area (TPSA) is 90.0 Å². The molecule has 7 nitrogen and oxygen atoms in total. The van der Waals surface area contributed by atoms with Crippen molar-refractivity contribution in [3.05, 3.63) is 51.8 Å². The van der Waals surface area contributed by atoms with Crippen LogP contribution in [-0.2, 0) is 13.0 Å². The van der Waals surface area contributed by atoms with Gasteiger partial charge in [-0.3, -0.25) is 14.2 Å². The highest BCUT2D eigenvalue weighted by Crippen LogP contribution is 2.17. The van der Waals surface area contributed by atoms with Crippen molar-refractivity contribution in [2.75, 3.05) is 5.32 Å². The molecule has 1 aromatic carbocycles. The monoisotopic (exact) mass is 338 g/mol. The van der Waals surface area contributed by atoms with Crippen LogP contribution in [0.5, 0.6) is 0 Å². The Hall–Kier alpha value is -2.96. The standard InChI is InChI=1S/C18H18N4O3/c1-11-9-15(21-25-11)20-17(23)12-6-7-13-14(10-12)19-16-5-3-2-4-8-22(16)18(13)24/h6-7,9-10H,2-5,8H2,1H3,(H,20,21,23). The van der Waals surface area contributed by atoms with E-state index in [4.69, 9.17) is 4.52 Å². The van der Waals surface area contributed by atoms with Crippen molar-refractivity contribution in [3.8, 4) is 0 Å². The third-order valence-electron chi connectivity index (χ3n) is 4.45. The van der Waals surface area contributed by atoms with Crippen LogP contribution in [0.1, 0.15) is 41.2 Å². The fourth-order valence-corrected chi connectivity index (χ4v) is 3.17. The lowest BCUT2D eigenvalue weighted by Gasteiger charge is -2.10. The molecule has 1 aliphatic heterocycles. The summed E-state index contributed by atoms with van der Waals surface area (Å²) in [5, 5.41) is 6.97. The third kappa shape index (κ3) is 2.93. The van der Waals surface area contributed by atoms with E-state index in [0.29, 0.717) is 34.6 Å². The number of aromatic nitrogens is 3. The van der Waals surface area contributed by atoms with Gasteiger partial charge >= 0.3 is 0 Å². The van der Waals surface area contributed by atoms with Crippen LogP contribution in [0.2, 0.25) is 0 Å². The molecular formula is C18H18N4O3. The first-order valence-electron chi connectivity index (χ1n) is 8.40. The van der Waals surface area contributed by atoms with Gasteiger partial charge in [-0.05, 0) is 38.0 Å². The molecule has 4 rings (SSSR count). The number of aryl methyl sites for hydroxylation is 2. The zero-order chi connectivity index (χ0) is 17.4. The summed E-state index contributed by atoms with van der Waals surface area (Å²) < 4.78 is 6.71. The van der Waals surface area contributed by atoms with Crippen LogP contribution in [0.15, 0.2) is 33.6 Å². The summed E-state index contributed by atoms with van der Waals surface area (Å²) in [6.45, 7) is 2.46. The molecule has 3 heterocycles. The van der Waals surface area contributed by atoms with Gasteiger partial charge in [0.25, 0.3) is 11.5 Å². The molecule has 128 valence electrons. The average Bonchev–Trinajstić information content (AvgIpc) is 2.86. The van der Waals surface area contributed by atoms with Crippen molar-refractivity contribution >= 4 is 22.6 Å². The summed E-state index contributed by atoms with van der Waals surface area (Å²) in [7, 11) is 0. The molecule has 1 aliphatic rings. The van der Waals surface area contributed by atoms with Gasteiger partial charge in [0.05, 0.1) is 10.9 Å². The summed E-state index contributed by atoms with van der Waals surface area (Å²) in [4.78, 5) is 29.7. The Morgan fingerprint density at radius 1 is 1.24 bits per heavy atom. The van der Waals surface area contributed by atoms with Gasteiger partial charge in [0.1, 0.15) is 11.6 Å². The smallest absolute Gasteiger partial charge is 0.261 e. The predicted octanol–water partition coefficient (Wildman–Crippen LogP) is 2.67. The summed E-state index contributed by atoms with van der Waals surface area (Å²) in [6.07, 6.45) is 3.92. The van der Waals surface area contributed by atoms with E-state index in [1.807, 2.05) is 0 Å². The van der Waals surface area contributed by atoms with Crippen LogP contribution in [0, 0.1) is 6.92 Å². The highest BCUT2D eigenvalue weighted by molar-refractivity contribution is 6.05. The average molecular weight is 338 g/mol. The number of hydrogen-bond donors (Lipinski definition) is 1. The Kier molecular flexibility index (Phi) is 3.83. The second kappa shape index (κ2) is 6.16. The van der Waals surface area contributed by atoms with E-state index >= 15 is 0 Å². The number of nitrogens with zero attached hydrogens (tertiary/aromatic N) is 3. The molecule has 0 saturated carbocycles. The Balaban J connectivity index is 1.72. The van der Waals surface area contributed by atoms with E-state index in [0.717, 1.165) is 31.5 Å². The van der Waals surface area contributed by atoms with E-state index in [1.54, 1.807) is 35.8 Å². The first-order chi connectivity index (χ1) is 12.1. The molecule has 0 saturated heterocycles. The molecule has 1 N–H and O–H groups in total. The maximum Gasteiger partial charge on any atom is 0.261 e. The van der Waals surface area contributed by atoms with Gasteiger partial charge < -0.3 is 9.84 Å². The van der Waals surface area contributed by atoms with Crippen LogP contribution >= 0.6 is 0 Å². The number of amides is 1. The van der Waals surface area contributed by atoms with Crippen LogP contribution in [0.3, 0.4) is 0 Å². The van der Waals surface area contributed by atoms with E-state index in [-0.39, 0.29) is 11.5 Å². The van der Waals surface area contributed by atoms with Gasteiger partial charge in [0.15, 0.2) is 5.82 Å². The molecule has 7 heteroatoms. The molecule has 0 aliphatic carbocycles. The summed E-state index contributed by atoms with van der Waals surface area (Å²) >= 11 is 0. The minimum Gasteiger partial charge on any atom is -0.360 e. The lowest BCUT2D eigenvalue weighted by Crippen LogP contribution is -2.24. The van der Waals surface area contributed by atoms with Gasteiger partial charge in [-0.25, -0.2) is 4.98 Å². The predicted molar refractivity (Wildman–Crippen MR) is 92.8 cm³/mol.